The van der Waals surface area contributed by atoms with Crippen LogP contribution in [0.3, 0.4) is 0 Å². The highest BCUT2D eigenvalue weighted by atomic mass is 16.5. The monoisotopic (exact) mass is 273 g/mol. The number of rotatable bonds is 3. The van der Waals surface area contributed by atoms with Gasteiger partial charge in [-0.15, -0.1) is 0 Å². The molecule has 5 nitrogen and oxygen atoms in total. The van der Waals surface area contributed by atoms with E-state index in [0.717, 1.165) is 36.4 Å². The number of hydrogen-bond acceptors (Lipinski definition) is 5. The van der Waals surface area contributed by atoms with E-state index in [-0.39, 0.29) is 6.10 Å². The standard InChI is InChI=1S/C15H19N3O2/c1-18-8-2-3-13(10-18)19-12-6-4-11(5-7-12)14-9-17-20-15(14)16/h4-7,9,13H,2-3,8,10,16H2,1H3. The normalized spacial score (nSPS) is 19.9. The van der Waals surface area contributed by atoms with E-state index in [2.05, 4.69) is 17.1 Å². The minimum atomic E-state index is 0.278. The summed E-state index contributed by atoms with van der Waals surface area (Å²) in [6.45, 7) is 2.14. The molecule has 2 N–H and O–H groups in total. The van der Waals surface area contributed by atoms with E-state index in [0.29, 0.717) is 5.88 Å². The van der Waals surface area contributed by atoms with Crippen LogP contribution >= 0.6 is 0 Å². The number of likely N-dealkylation sites (N-methyl/N-ethyl adjacent to an activating group) is 1. The molecule has 3 rings (SSSR count). The maximum Gasteiger partial charge on any atom is 0.229 e. The summed E-state index contributed by atoms with van der Waals surface area (Å²) in [5, 5.41) is 3.69. The Morgan fingerprint density at radius 3 is 2.80 bits per heavy atom. The van der Waals surface area contributed by atoms with Crippen LogP contribution in [0.25, 0.3) is 11.1 Å². The van der Waals surface area contributed by atoms with Crippen LogP contribution < -0.4 is 10.5 Å². The number of nitrogens with two attached hydrogens (primary N) is 1. The molecule has 20 heavy (non-hydrogen) atoms. The van der Waals surface area contributed by atoms with Crippen molar-refractivity contribution in [2.24, 2.45) is 0 Å². The average Bonchev–Trinajstić information content (AvgIpc) is 2.86. The molecule has 1 aromatic heterocycles. The lowest BCUT2D eigenvalue weighted by molar-refractivity contribution is 0.104. The second-order valence-corrected chi connectivity index (χ2v) is 5.27. The van der Waals surface area contributed by atoms with E-state index >= 15 is 0 Å². The molecule has 0 radical (unpaired) electrons. The molecule has 0 aliphatic carbocycles. The van der Waals surface area contributed by atoms with Crippen LogP contribution in [0, 0.1) is 0 Å². The van der Waals surface area contributed by atoms with Crippen molar-refractivity contribution in [1.29, 1.82) is 0 Å². The molecular weight excluding hydrogens is 254 g/mol. The quantitative estimate of drug-likeness (QED) is 0.930. The molecular formula is C15H19N3O2. The van der Waals surface area contributed by atoms with Crippen LogP contribution in [-0.2, 0) is 0 Å². The third kappa shape index (κ3) is 2.77. The van der Waals surface area contributed by atoms with Crippen molar-refractivity contribution < 1.29 is 9.26 Å². The van der Waals surface area contributed by atoms with Gasteiger partial charge < -0.3 is 19.9 Å². The highest BCUT2D eigenvalue weighted by molar-refractivity contribution is 5.72. The molecule has 1 aliphatic heterocycles. The molecule has 0 amide bonds. The Labute approximate surface area is 118 Å². The summed E-state index contributed by atoms with van der Waals surface area (Å²) in [6.07, 6.45) is 4.21. The Balaban J connectivity index is 1.69. The molecule has 2 aromatic rings. The van der Waals surface area contributed by atoms with Crippen LogP contribution in [0.15, 0.2) is 35.0 Å². The van der Waals surface area contributed by atoms with Gasteiger partial charge in [0.15, 0.2) is 0 Å². The van der Waals surface area contributed by atoms with Crippen molar-refractivity contribution in [3.05, 3.63) is 30.5 Å². The van der Waals surface area contributed by atoms with E-state index in [1.807, 2.05) is 24.3 Å². The van der Waals surface area contributed by atoms with Crippen molar-refractivity contribution in [3.8, 4) is 16.9 Å². The lowest BCUT2D eigenvalue weighted by atomic mass is 10.1. The molecule has 0 saturated carbocycles. The molecule has 1 aliphatic rings. The Morgan fingerprint density at radius 1 is 1.35 bits per heavy atom. The fourth-order valence-corrected chi connectivity index (χ4v) is 2.59. The smallest absolute Gasteiger partial charge is 0.229 e. The molecule has 0 spiro atoms. The zero-order valence-electron chi connectivity index (χ0n) is 11.6. The van der Waals surface area contributed by atoms with Gasteiger partial charge in [-0.1, -0.05) is 17.3 Å². The second-order valence-electron chi connectivity index (χ2n) is 5.27. The molecule has 106 valence electrons. The third-order valence-electron chi connectivity index (χ3n) is 3.65. The maximum atomic E-state index is 6.02. The van der Waals surface area contributed by atoms with E-state index < -0.39 is 0 Å². The first-order valence-corrected chi connectivity index (χ1v) is 6.88. The van der Waals surface area contributed by atoms with Crippen molar-refractivity contribution in [2.75, 3.05) is 25.9 Å². The zero-order valence-corrected chi connectivity index (χ0v) is 11.6. The summed E-state index contributed by atoms with van der Waals surface area (Å²) in [6, 6.07) is 7.89. The van der Waals surface area contributed by atoms with Gasteiger partial charge in [0.25, 0.3) is 0 Å². The van der Waals surface area contributed by atoms with Crippen LogP contribution in [0.5, 0.6) is 5.75 Å². The second kappa shape index (κ2) is 5.54. The number of ether oxygens (including phenoxy) is 1. The van der Waals surface area contributed by atoms with E-state index in [1.54, 1.807) is 6.20 Å². The minimum Gasteiger partial charge on any atom is -0.489 e. The topological polar surface area (TPSA) is 64.5 Å². The Kier molecular flexibility index (Phi) is 3.60. The number of aromatic nitrogens is 1. The minimum absolute atomic E-state index is 0.278. The molecule has 1 saturated heterocycles. The van der Waals surface area contributed by atoms with Crippen molar-refractivity contribution in [2.45, 2.75) is 18.9 Å². The predicted octanol–water partition coefficient (Wildman–Crippen LogP) is 2.40. The summed E-state index contributed by atoms with van der Waals surface area (Å²) < 4.78 is 10.9. The maximum absolute atomic E-state index is 6.02. The largest absolute Gasteiger partial charge is 0.489 e. The number of nitrogen functional groups attached to an aromatic ring is 1. The van der Waals surface area contributed by atoms with Gasteiger partial charge in [-0.3, -0.25) is 0 Å². The van der Waals surface area contributed by atoms with Crippen molar-refractivity contribution in [3.63, 3.8) is 0 Å². The Hall–Kier alpha value is -2.01. The fraction of sp³-hybridized carbons (Fsp3) is 0.400. The van der Waals surface area contributed by atoms with Gasteiger partial charge in [0.1, 0.15) is 11.9 Å². The van der Waals surface area contributed by atoms with Gasteiger partial charge in [-0.25, -0.2) is 0 Å². The predicted molar refractivity (Wildman–Crippen MR) is 77.5 cm³/mol. The number of anilines is 1. The molecule has 1 fully saturated rings. The zero-order chi connectivity index (χ0) is 13.9. The summed E-state index contributed by atoms with van der Waals surface area (Å²) >= 11 is 0. The molecule has 1 atom stereocenters. The molecule has 5 heteroatoms. The first-order valence-electron chi connectivity index (χ1n) is 6.88. The van der Waals surface area contributed by atoms with Crippen molar-refractivity contribution >= 4 is 5.88 Å². The number of nitrogens with zero attached hydrogens (tertiary/aromatic N) is 2. The van der Waals surface area contributed by atoms with Crippen LogP contribution in [0.4, 0.5) is 5.88 Å². The van der Waals surface area contributed by atoms with Gasteiger partial charge >= 0.3 is 0 Å². The van der Waals surface area contributed by atoms with E-state index in [4.69, 9.17) is 15.0 Å². The summed E-state index contributed by atoms with van der Waals surface area (Å²) in [5.41, 5.74) is 7.51. The summed E-state index contributed by atoms with van der Waals surface area (Å²) in [4.78, 5) is 2.31. The van der Waals surface area contributed by atoms with E-state index in [1.165, 1.54) is 6.42 Å². The van der Waals surface area contributed by atoms with Gasteiger partial charge in [-0.05, 0) is 44.1 Å². The number of likely N-dealkylation sites (tertiary alicyclic amines) is 1. The fourth-order valence-electron chi connectivity index (χ4n) is 2.59. The van der Waals surface area contributed by atoms with Crippen molar-refractivity contribution in [1.82, 2.24) is 10.1 Å². The lowest BCUT2D eigenvalue weighted by Crippen LogP contribution is -2.38. The highest BCUT2D eigenvalue weighted by Crippen LogP contribution is 2.27. The average molecular weight is 273 g/mol. The molecule has 1 unspecified atom stereocenters. The van der Waals surface area contributed by atoms with Crippen LogP contribution in [0.1, 0.15) is 12.8 Å². The van der Waals surface area contributed by atoms with Gasteiger partial charge in [0.2, 0.25) is 5.88 Å². The molecule has 2 heterocycles. The van der Waals surface area contributed by atoms with Gasteiger partial charge in [0, 0.05) is 6.54 Å². The number of piperidine rings is 1. The van der Waals surface area contributed by atoms with E-state index in [9.17, 15) is 0 Å². The number of benzene rings is 1. The molecule has 1 aromatic carbocycles. The van der Waals surface area contributed by atoms with Gasteiger partial charge in [0.05, 0.1) is 11.8 Å². The Morgan fingerprint density at radius 2 is 2.15 bits per heavy atom. The SMILES string of the molecule is CN1CCCC(Oc2ccc(-c3cnoc3N)cc2)C1. The molecule has 0 bridgehead atoms. The first-order chi connectivity index (χ1) is 9.72. The first kappa shape index (κ1) is 13.0. The Bertz CT molecular complexity index is 565. The van der Waals surface area contributed by atoms with Gasteiger partial charge in [-0.2, -0.15) is 0 Å². The lowest BCUT2D eigenvalue weighted by Gasteiger charge is -2.30. The summed E-state index contributed by atoms with van der Waals surface area (Å²) in [7, 11) is 2.13. The third-order valence-corrected chi connectivity index (χ3v) is 3.65. The number of hydrogen-bond donors (Lipinski definition) is 1. The van der Waals surface area contributed by atoms with Crippen LogP contribution in [-0.4, -0.2) is 36.3 Å². The highest BCUT2D eigenvalue weighted by Gasteiger charge is 2.18. The summed E-state index contributed by atoms with van der Waals surface area (Å²) in [5.74, 6) is 1.23. The van der Waals surface area contributed by atoms with Crippen LogP contribution in [0.2, 0.25) is 0 Å².